The van der Waals surface area contributed by atoms with Crippen LogP contribution in [0.15, 0.2) is 85.6 Å². The lowest BCUT2D eigenvalue weighted by Gasteiger charge is -2.20. The van der Waals surface area contributed by atoms with Crippen molar-refractivity contribution in [2.45, 2.75) is 6.04 Å². The van der Waals surface area contributed by atoms with E-state index in [1.54, 1.807) is 19.5 Å². The Labute approximate surface area is 206 Å². The van der Waals surface area contributed by atoms with Crippen LogP contribution in [-0.2, 0) is 7.05 Å². The molecule has 0 saturated carbocycles. The van der Waals surface area contributed by atoms with Crippen LogP contribution in [0.5, 0.6) is 5.88 Å². The van der Waals surface area contributed by atoms with E-state index in [4.69, 9.17) is 4.74 Å². The lowest BCUT2D eigenvalue weighted by Crippen LogP contribution is -2.12. The number of hydrogen-bond acceptors (Lipinski definition) is 7. The van der Waals surface area contributed by atoms with Crippen molar-refractivity contribution in [2.75, 3.05) is 12.4 Å². The molecule has 1 N–H and O–H groups in total. The summed E-state index contributed by atoms with van der Waals surface area (Å²) in [6.45, 7) is 0. The standard InChI is InChI=1S/C27H22N6OS/c1-33-12-8-17-3-4-18(13-23(17)33)21-14-20(15-22-27(21)29-11-10-28-22)32-26(24-7-9-31-35-24)19-5-6-25(34-2)30-16-19/h3-16,26,32H,1-2H3. The second kappa shape index (κ2) is 8.81. The van der Waals surface area contributed by atoms with Crippen molar-refractivity contribution >= 4 is 39.2 Å². The van der Waals surface area contributed by atoms with Crippen LogP contribution >= 0.6 is 11.5 Å². The highest BCUT2D eigenvalue weighted by molar-refractivity contribution is 7.05. The SMILES string of the molecule is COc1ccc(C(Nc2cc(-c3ccc4ccn(C)c4c3)c3nccnc3c2)c2ccns2)cn1. The number of aromatic nitrogens is 5. The minimum atomic E-state index is -0.127. The van der Waals surface area contributed by atoms with Crippen molar-refractivity contribution in [3.05, 3.63) is 96.0 Å². The van der Waals surface area contributed by atoms with Gasteiger partial charge in [-0.3, -0.25) is 9.97 Å². The number of pyridine rings is 1. The molecular weight excluding hydrogens is 456 g/mol. The van der Waals surface area contributed by atoms with Crippen LogP contribution in [0, 0.1) is 0 Å². The van der Waals surface area contributed by atoms with E-state index in [0.29, 0.717) is 5.88 Å². The molecule has 6 rings (SSSR count). The van der Waals surface area contributed by atoms with Crippen LogP contribution in [0.4, 0.5) is 5.69 Å². The second-order valence-electron chi connectivity index (χ2n) is 8.27. The van der Waals surface area contributed by atoms with Gasteiger partial charge in [0.15, 0.2) is 0 Å². The van der Waals surface area contributed by atoms with Gasteiger partial charge in [0.1, 0.15) is 0 Å². The first-order valence-corrected chi connectivity index (χ1v) is 11.9. The van der Waals surface area contributed by atoms with Gasteiger partial charge < -0.3 is 14.6 Å². The lowest BCUT2D eigenvalue weighted by atomic mass is 10.0. The molecule has 7 nitrogen and oxygen atoms in total. The maximum atomic E-state index is 5.25. The molecule has 0 amide bonds. The Bertz CT molecular complexity index is 1630. The predicted octanol–water partition coefficient (Wildman–Crippen LogP) is 5.85. The molecule has 4 aromatic heterocycles. The monoisotopic (exact) mass is 478 g/mol. The molecule has 0 bridgehead atoms. The molecular formula is C27H22N6OS. The molecule has 1 unspecified atom stereocenters. The average molecular weight is 479 g/mol. The molecule has 4 heterocycles. The number of benzene rings is 2. The molecule has 0 aliphatic carbocycles. The number of methoxy groups -OCH3 is 1. The number of rotatable bonds is 6. The summed E-state index contributed by atoms with van der Waals surface area (Å²) in [6, 6.07) is 18.6. The van der Waals surface area contributed by atoms with Gasteiger partial charge in [-0.1, -0.05) is 12.1 Å². The van der Waals surface area contributed by atoms with Crippen LogP contribution in [0.25, 0.3) is 33.1 Å². The highest BCUT2D eigenvalue weighted by Gasteiger charge is 2.18. The fourth-order valence-electron chi connectivity index (χ4n) is 4.35. The van der Waals surface area contributed by atoms with Crippen molar-refractivity contribution in [3.8, 4) is 17.0 Å². The molecule has 0 saturated heterocycles. The van der Waals surface area contributed by atoms with Crippen molar-refractivity contribution in [1.82, 2.24) is 23.9 Å². The summed E-state index contributed by atoms with van der Waals surface area (Å²) in [6.07, 6.45) is 9.19. The van der Waals surface area contributed by atoms with E-state index in [1.165, 1.54) is 22.4 Å². The normalized spacial score (nSPS) is 12.2. The highest BCUT2D eigenvalue weighted by Crippen LogP contribution is 2.35. The topological polar surface area (TPSA) is 77.8 Å². The van der Waals surface area contributed by atoms with Crippen molar-refractivity contribution in [2.24, 2.45) is 7.05 Å². The summed E-state index contributed by atoms with van der Waals surface area (Å²) < 4.78 is 11.7. The molecule has 35 heavy (non-hydrogen) atoms. The van der Waals surface area contributed by atoms with Crippen LogP contribution in [0.2, 0.25) is 0 Å². The summed E-state index contributed by atoms with van der Waals surface area (Å²) in [5.41, 5.74) is 6.94. The van der Waals surface area contributed by atoms with E-state index in [9.17, 15) is 0 Å². The van der Waals surface area contributed by atoms with Crippen LogP contribution < -0.4 is 10.1 Å². The summed E-state index contributed by atoms with van der Waals surface area (Å²) in [4.78, 5) is 14.8. The van der Waals surface area contributed by atoms with Crippen molar-refractivity contribution < 1.29 is 4.74 Å². The summed E-state index contributed by atoms with van der Waals surface area (Å²) >= 11 is 1.46. The van der Waals surface area contributed by atoms with Gasteiger partial charge in [0.25, 0.3) is 0 Å². The maximum Gasteiger partial charge on any atom is 0.212 e. The summed E-state index contributed by atoms with van der Waals surface area (Å²) in [5, 5.41) is 4.90. The van der Waals surface area contributed by atoms with Crippen LogP contribution in [0.3, 0.4) is 0 Å². The molecule has 8 heteroatoms. The number of anilines is 1. The number of aryl methyl sites for hydroxylation is 1. The number of nitrogens with zero attached hydrogens (tertiary/aromatic N) is 5. The first-order chi connectivity index (χ1) is 17.2. The molecule has 0 spiro atoms. The molecule has 0 aliphatic rings. The molecule has 172 valence electrons. The molecule has 1 atom stereocenters. The molecule has 0 aliphatic heterocycles. The van der Waals surface area contributed by atoms with Crippen molar-refractivity contribution in [1.29, 1.82) is 0 Å². The van der Waals surface area contributed by atoms with E-state index >= 15 is 0 Å². The van der Waals surface area contributed by atoms with E-state index in [0.717, 1.165) is 38.3 Å². The van der Waals surface area contributed by atoms with E-state index in [2.05, 4.69) is 72.8 Å². The van der Waals surface area contributed by atoms with Gasteiger partial charge in [0.05, 0.1) is 29.1 Å². The van der Waals surface area contributed by atoms with Gasteiger partial charge in [0.2, 0.25) is 5.88 Å². The third-order valence-electron chi connectivity index (χ3n) is 6.13. The quantitative estimate of drug-likeness (QED) is 0.324. The molecule has 0 radical (unpaired) electrons. The first-order valence-electron chi connectivity index (χ1n) is 11.2. The Morgan fingerprint density at radius 3 is 2.66 bits per heavy atom. The third kappa shape index (κ3) is 3.98. The number of hydrogen-bond donors (Lipinski definition) is 1. The Morgan fingerprint density at radius 2 is 1.86 bits per heavy atom. The highest BCUT2D eigenvalue weighted by atomic mass is 32.1. The minimum absolute atomic E-state index is 0.127. The smallest absolute Gasteiger partial charge is 0.212 e. The van der Waals surface area contributed by atoms with Gasteiger partial charge in [-0.15, -0.1) is 0 Å². The third-order valence-corrected chi connectivity index (χ3v) is 6.94. The lowest BCUT2D eigenvalue weighted by molar-refractivity contribution is 0.397. The van der Waals surface area contributed by atoms with Gasteiger partial charge in [-0.25, -0.2) is 9.36 Å². The Kier molecular flexibility index (Phi) is 5.35. The Morgan fingerprint density at radius 1 is 0.943 bits per heavy atom. The van der Waals surface area contributed by atoms with Gasteiger partial charge in [0, 0.05) is 60.9 Å². The van der Waals surface area contributed by atoms with Gasteiger partial charge in [-0.05, 0) is 64.4 Å². The van der Waals surface area contributed by atoms with Crippen LogP contribution in [0.1, 0.15) is 16.5 Å². The first kappa shape index (κ1) is 21.2. The maximum absolute atomic E-state index is 5.25. The Balaban J connectivity index is 1.47. The molecule has 2 aromatic carbocycles. The predicted molar refractivity (Wildman–Crippen MR) is 140 cm³/mol. The zero-order valence-corrected chi connectivity index (χ0v) is 20.0. The Hall–Kier alpha value is -4.30. The second-order valence-corrected chi connectivity index (χ2v) is 9.14. The minimum Gasteiger partial charge on any atom is -0.481 e. The number of nitrogens with one attached hydrogen (secondary N) is 1. The zero-order chi connectivity index (χ0) is 23.8. The van der Waals surface area contributed by atoms with Gasteiger partial charge >= 0.3 is 0 Å². The van der Waals surface area contributed by atoms with Crippen LogP contribution in [-0.4, -0.2) is 31.0 Å². The average Bonchev–Trinajstić information content (AvgIpc) is 3.57. The largest absolute Gasteiger partial charge is 0.481 e. The fourth-order valence-corrected chi connectivity index (χ4v) is 5.02. The van der Waals surface area contributed by atoms with E-state index in [-0.39, 0.29) is 6.04 Å². The molecule has 6 aromatic rings. The van der Waals surface area contributed by atoms with Gasteiger partial charge in [-0.2, -0.15) is 0 Å². The molecule has 0 fully saturated rings. The summed E-state index contributed by atoms with van der Waals surface area (Å²) in [7, 11) is 3.68. The number of ether oxygens (including phenoxy) is 1. The number of fused-ring (bicyclic) bond motifs is 2. The fraction of sp³-hybridized carbons (Fsp3) is 0.111. The summed E-state index contributed by atoms with van der Waals surface area (Å²) in [5.74, 6) is 0.580. The van der Waals surface area contributed by atoms with E-state index in [1.807, 2.05) is 36.7 Å². The van der Waals surface area contributed by atoms with Crippen molar-refractivity contribution in [3.63, 3.8) is 0 Å². The van der Waals surface area contributed by atoms with E-state index < -0.39 is 0 Å². The zero-order valence-electron chi connectivity index (χ0n) is 19.2.